The van der Waals surface area contributed by atoms with Gasteiger partial charge in [-0.25, -0.2) is 4.98 Å². The molecule has 0 spiro atoms. The van der Waals surface area contributed by atoms with Crippen LogP contribution in [-0.2, 0) is 0 Å². The highest BCUT2D eigenvalue weighted by Gasteiger charge is 2.18. The second-order valence-corrected chi connectivity index (χ2v) is 6.97. The van der Waals surface area contributed by atoms with Gasteiger partial charge in [-0.15, -0.1) is 11.3 Å². The molecule has 0 saturated heterocycles. The van der Waals surface area contributed by atoms with E-state index in [-0.39, 0.29) is 5.91 Å². The number of thiazole rings is 1. The first-order chi connectivity index (χ1) is 14.0. The molecule has 0 unspecified atom stereocenters. The summed E-state index contributed by atoms with van der Waals surface area (Å²) in [5, 5.41) is 5.17. The van der Waals surface area contributed by atoms with Crippen molar-refractivity contribution in [2.24, 2.45) is 0 Å². The minimum atomic E-state index is -0.332. The largest absolute Gasteiger partial charge is 0.496 e. The van der Waals surface area contributed by atoms with Gasteiger partial charge in [0.25, 0.3) is 5.91 Å². The molecule has 0 atom stereocenters. The summed E-state index contributed by atoms with van der Waals surface area (Å²) in [7, 11) is 6.13. The number of hydrogen-bond donors (Lipinski definition) is 1. The summed E-state index contributed by atoms with van der Waals surface area (Å²) >= 11 is 1.33. The van der Waals surface area contributed by atoms with E-state index in [2.05, 4.69) is 10.3 Å². The zero-order valence-corrected chi connectivity index (χ0v) is 17.7. The second-order valence-electron chi connectivity index (χ2n) is 6.11. The standard InChI is InChI=1S/C21H22N2O5S/c1-12-6-7-16(25-2)14(8-12)15-11-29-21(22-15)23-20(24)13-9-17(26-3)19(28-5)18(10-13)27-4/h6-11H,1-5H3,(H,22,23,24). The maximum absolute atomic E-state index is 12.8. The molecule has 0 radical (unpaired) electrons. The van der Waals surface area contributed by atoms with Crippen LogP contribution in [0.5, 0.6) is 23.0 Å². The minimum absolute atomic E-state index is 0.332. The highest BCUT2D eigenvalue weighted by Crippen LogP contribution is 2.38. The van der Waals surface area contributed by atoms with E-state index in [0.29, 0.717) is 27.9 Å². The first-order valence-electron chi connectivity index (χ1n) is 8.72. The van der Waals surface area contributed by atoms with Crippen LogP contribution in [0.2, 0.25) is 0 Å². The molecule has 29 heavy (non-hydrogen) atoms. The van der Waals surface area contributed by atoms with E-state index in [0.717, 1.165) is 22.6 Å². The molecule has 0 bridgehead atoms. The number of aryl methyl sites for hydroxylation is 1. The van der Waals surface area contributed by atoms with Gasteiger partial charge < -0.3 is 18.9 Å². The van der Waals surface area contributed by atoms with E-state index in [1.165, 1.54) is 32.7 Å². The lowest BCUT2D eigenvalue weighted by molar-refractivity contribution is 0.102. The van der Waals surface area contributed by atoms with Crippen LogP contribution in [-0.4, -0.2) is 39.3 Å². The number of methoxy groups -OCH3 is 4. The molecule has 1 aromatic heterocycles. The Morgan fingerprint density at radius 2 is 1.59 bits per heavy atom. The molecule has 1 N–H and O–H groups in total. The van der Waals surface area contributed by atoms with Crippen molar-refractivity contribution >= 4 is 22.4 Å². The van der Waals surface area contributed by atoms with Gasteiger partial charge in [0, 0.05) is 16.5 Å². The van der Waals surface area contributed by atoms with Crippen LogP contribution in [0.4, 0.5) is 5.13 Å². The number of carbonyl (C=O) groups excluding carboxylic acids is 1. The van der Waals surface area contributed by atoms with Gasteiger partial charge in [0.15, 0.2) is 16.6 Å². The van der Waals surface area contributed by atoms with E-state index in [4.69, 9.17) is 18.9 Å². The van der Waals surface area contributed by atoms with Gasteiger partial charge in [-0.05, 0) is 31.2 Å². The van der Waals surface area contributed by atoms with Gasteiger partial charge in [0.05, 0.1) is 34.1 Å². The lowest BCUT2D eigenvalue weighted by atomic mass is 10.1. The molecule has 1 amide bonds. The normalized spacial score (nSPS) is 10.4. The summed E-state index contributed by atoms with van der Waals surface area (Å²) < 4.78 is 21.3. The molecule has 0 aliphatic heterocycles. The monoisotopic (exact) mass is 414 g/mol. The molecule has 0 fully saturated rings. The quantitative estimate of drug-likeness (QED) is 0.617. The number of amides is 1. The van der Waals surface area contributed by atoms with E-state index < -0.39 is 0 Å². The van der Waals surface area contributed by atoms with E-state index in [1.54, 1.807) is 19.2 Å². The van der Waals surface area contributed by atoms with Crippen molar-refractivity contribution in [2.75, 3.05) is 33.8 Å². The van der Waals surface area contributed by atoms with Crippen molar-refractivity contribution in [1.29, 1.82) is 0 Å². The molecule has 1 heterocycles. The summed E-state index contributed by atoms with van der Waals surface area (Å²) in [5.41, 5.74) is 3.06. The van der Waals surface area contributed by atoms with Crippen LogP contribution in [0.15, 0.2) is 35.7 Å². The Labute approximate surface area is 173 Å². The molecular formula is C21H22N2O5S. The summed E-state index contributed by atoms with van der Waals surface area (Å²) in [6.07, 6.45) is 0. The summed E-state index contributed by atoms with van der Waals surface area (Å²) in [5.74, 6) is 1.63. The number of ether oxygens (including phenoxy) is 4. The Morgan fingerprint density at radius 3 is 2.17 bits per heavy atom. The number of rotatable bonds is 7. The highest BCUT2D eigenvalue weighted by atomic mass is 32.1. The van der Waals surface area contributed by atoms with Crippen molar-refractivity contribution in [1.82, 2.24) is 4.98 Å². The highest BCUT2D eigenvalue weighted by molar-refractivity contribution is 7.14. The fourth-order valence-corrected chi connectivity index (χ4v) is 3.56. The predicted molar refractivity (Wildman–Crippen MR) is 113 cm³/mol. The number of hydrogen-bond acceptors (Lipinski definition) is 7. The first kappa shape index (κ1) is 20.5. The summed E-state index contributed by atoms with van der Waals surface area (Å²) in [6, 6.07) is 9.06. The Balaban J connectivity index is 1.87. The van der Waals surface area contributed by atoms with Gasteiger partial charge in [0.2, 0.25) is 5.75 Å². The van der Waals surface area contributed by atoms with Crippen LogP contribution in [0.25, 0.3) is 11.3 Å². The third-order valence-corrected chi connectivity index (χ3v) is 5.04. The maximum Gasteiger partial charge on any atom is 0.257 e. The average molecular weight is 414 g/mol. The number of nitrogens with zero attached hydrogens (tertiary/aromatic N) is 1. The van der Waals surface area contributed by atoms with Crippen molar-refractivity contribution in [3.05, 3.63) is 46.8 Å². The van der Waals surface area contributed by atoms with Crippen LogP contribution in [0.1, 0.15) is 15.9 Å². The van der Waals surface area contributed by atoms with E-state index >= 15 is 0 Å². The topological polar surface area (TPSA) is 78.9 Å². The van der Waals surface area contributed by atoms with Crippen molar-refractivity contribution in [3.8, 4) is 34.3 Å². The van der Waals surface area contributed by atoms with Gasteiger partial charge >= 0.3 is 0 Å². The molecule has 7 nitrogen and oxygen atoms in total. The van der Waals surface area contributed by atoms with Crippen molar-refractivity contribution < 1.29 is 23.7 Å². The zero-order valence-electron chi connectivity index (χ0n) is 16.9. The maximum atomic E-state index is 12.8. The van der Waals surface area contributed by atoms with Crippen LogP contribution >= 0.6 is 11.3 Å². The molecule has 3 aromatic rings. The second kappa shape index (κ2) is 8.83. The Hall–Kier alpha value is -3.26. The van der Waals surface area contributed by atoms with Gasteiger partial charge in [0.1, 0.15) is 5.75 Å². The van der Waals surface area contributed by atoms with Gasteiger partial charge in [-0.2, -0.15) is 0 Å². The van der Waals surface area contributed by atoms with Gasteiger partial charge in [-0.3, -0.25) is 10.1 Å². The minimum Gasteiger partial charge on any atom is -0.496 e. The molecule has 0 aliphatic carbocycles. The summed E-state index contributed by atoms with van der Waals surface area (Å²) in [4.78, 5) is 17.3. The number of benzene rings is 2. The fraction of sp³-hybridized carbons (Fsp3) is 0.238. The zero-order chi connectivity index (χ0) is 21.0. The molecule has 152 valence electrons. The van der Waals surface area contributed by atoms with Crippen LogP contribution < -0.4 is 24.3 Å². The van der Waals surface area contributed by atoms with Gasteiger partial charge in [-0.1, -0.05) is 11.6 Å². The molecule has 3 rings (SSSR count). The average Bonchev–Trinajstić information content (AvgIpc) is 3.20. The van der Waals surface area contributed by atoms with E-state index in [1.807, 2.05) is 30.5 Å². The molecular weight excluding hydrogens is 392 g/mol. The molecule has 0 aliphatic rings. The summed E-state index contributed by atoms with van der Waals surface area (Å²) in [6.45, 7) is 2.00. The van der Waals surface area contributed by atoms with E-state index in [9.17, 15) is 4.79 Å². The first-order valence-corrected chi connectivity index (χ1v) is 9.60. The Kier molecular flexibility index (Phi) is 6.23. The molecule has 0 saturated carbocycles. The van der Waals surface area contributed by atoms with Crippen LogP contribution in [0.3, 0.4) is 0 Å². The van der Waals surface area contributed by atoms with Crippen molar-refractivity contribution in [3.63, 3.8) is 0 Å². The smallest absolute Gasteiger partial charge is 0.257 e. The number of anilines is 1. The third-order valence-electron chi connectivity index (χ3n) is 4.28. The number of carbonyl (C=O) groups is 1. The SMILES string of the molecule is COc1ccc(C)cc1-c1csc(NC(=O)c2cc(OC)c(OC)c(OC)c2)n1. The molecule has 8 heteroatoms. The van der Waals surface area contributed by atoms with Crippen molar-refractivity contribution in [2.45, 2.75) is 6.92 Å². The predicted octanol–water partition coefficient (Wildman–Crippen LogP) is 4.41. The van der Waals surface area contributed by atoms with Crippen LogP contribution in [0, 0.1) is 6.92 Å². The number of nitrogens with one attached hydrogen (secondary N) is 1. The third kappa shape index (κ3) is 4.27. The Morgan fingerprint density at radius 1 is 0.931 bits per heavy atom. The molecule has 2 aromatic carbocycles. The lowest BCUT2D eigenvalue weighted by Crippen LogP contribution is -2.12. The fourth-order valence-electron chi connectivity index (χ4n) is 2.86. The number of aromatic nitrogens is 1. The Bertz CT molecular complexity index is 1010. The lowest BCUT2D eigenvalue weighted by Gasteiger charge is -2.13.